The van der Waals surface area contributed by atoms with Crippen LogP contribution in [-0.2, 0) is 9.59 Å². The number of esters is 2. The number of aromatic nitrogens is 2. The van der Waals surface area contributed by atoms with Crippen LogP contribution >= 0.6 is 0 Å². The van der Waals surface area contributed by atoms with Crippen LogP contribution in [0.15, 0.2) is 47.3 Å². The number of benzene rings is 2. The molecule has 27 heavy (non-hydrogen) atoms. The van der Waals surface area contributed by atoms with Crippen molar-refractivity contribution in [2.45, 2.75) is 13.8 Å². The molecule has 7 nitrogen and oxygen atoms in total. The maximum absolute atomic E-state index is 12.1. The van der Waals surface area contributed by atoms with Crippen LogP contribution in [-0.4, -0.2) is 21.9 Å². The Bertz CT molecular complexity index is 1110. The summed E-state index contributed by atoms with van der Waals surface area (Å²) in [6, 6.07) is 11.7. The summed E-state index contributed by atoms with van der Waals surface area (Å²) in [5, 5.41) is 0.501. The summed E-state index contributed by atoms with van der Waals surface area (Å²) >= 11 is 0. The average Bonchev–Trinajstić information content (AvgIpc) is 2.60. The standard InChI is InChI=1S/C20H16N2O5/c1-12(23)26-15-9-7-14(18(11-15)27-13(2)24)8-10-19-21-17-6-4-3-5-16(17)20(25)22-19/h3-11H,1-2H3,(H,21,22,25)/b10-8+. The van der Waals surface area contributed by atoms with Gasteiger partial charge < -0.3 is 14.5 Å². The van der Waals surface area contributed by atoms with Crippen LogP contribution in [0.3, 0.4) is 0 Å². The monoisotopic (exact) mass is 364 g/mol. The molecule has 0 aliphatic heterocycles. The van der Waals surface area contributed by atoms with E-state index in [0.29, 0.717) is 22.3 Å². The molecule has 0 atom stereocenters. The van der Waals surface area contributed by atoms with Gasteiger partial charge in [0.25, 0.3) is 5.56 Å². The minimum Gasteiger partial charge on any atom is -0.427 e. The van der Waals surface area contributed by atoms with E-state index in [1.807, 2.05) is 0 Å². The highest BCUT2D eigenvalue weighted by Crippen LogP contribution is 2.27. The fourth-order valence-electron chi connectivity index (χ4n) is 2.48. The number of nitrogens with zero attached hydrogens (tertiary/aromatic N) is 1. The normalized spacial score (nSPS) is 10.9. The first-order valence-electron chi connectivity index (χ1n) is 8.10. The lowest BCUT2D eigenvalue weighted by molar-refractivity contribution is -0.132. The van der Waals surface area contributed by atoms with Crippen molar-refractivity contribution in [2.75, 3.05) is 0 Å². The third kappa shape index (κ3) is 4.46. The van der Waals surface area contributed by atoms with Gasteiger partial charge in [-0.15, -0.1) is 0 Å². The number of nitrogens with one attached hydrogen (secondary N) is 1. The van der Waals surface area contributed by atoms with Gasteiger partial charge >= 0.3 is 11.9 Å². The Morgan fingerprint density at radius 2 is 1.74 bits per heavy atom. The first-order chi connectivity index (χ1) is 12.9. The van der Waals surface area contributed by atoms with Gasteiger partial charge in [0.1, 0.15) is 17.3 Å². The number of hydrogen-bond acceptors (Lipinski definition) is 6. The molecule has 0 bridgehead atoms. The molecule has 0 fully saturated rings. The SMILES string of the molecule is CC(=O)Oc1ccc(/C=C/c2nc3ccccc3c(=O)[nH]2)c(OC(C)=O)c1. The van der Waals surface area contributed by atoms with Crippen molar-refractivity contribution in [1.82, 2.24) is 9.97 Å². The van der Waals surface area contributed by atoms with Crippen LogP contribution in [0.4, 0.5) is 0 Å². The molecule has 1 aromatic heterocycles. The Labute approximate surface area is 154 Å². The summed E-state index contributed by atoms with van der Waals surface area (Å²) in [5.74, 6) is -0.155. The van der Waals surface area contributed by atoms with Crippen molar-refractivity contribution in [3.05, 3.63) is 64.2 Å². The number of ether oxygens (including phenoxy) is 2. The van der Waals surface area contributed by atoms with E-state index < -0.39 is 11.9 Å². The van der Waals surface area contributed by atoms with Gasteiger partial charge in [-0.1, -0.05) is 12.1 Å². The van der Waals surface area contributed by atoms with Gasteiger partial charge in [0.05, 0.1) is 10.9 Å². The maximum Gasteiger partial charge on any atom is 0.308 e. The molecule has 3 rings (SSSR count). The van der Waals surface area contributed by atoms with Crippen molar-refractivity contribution in [3.63, 3.8) is 0 Å². The summed E-state index contributed by atoms with van der Waals surface area (Å²) in [7, 11) is 0. The van der Waals surface area contributed by atoms with Gasteiger partial charge in [-0.2, -0.15) is 0 Å². The number of para-hydroxylation sites is 1. The number of fused-ring (bicyclic) bond motifs is 1. The van der Waals surface area contributed by atoms with E-state index >= 15 is 0 Å². The van der Waals surface area contributed by atoms with Crippen molar-refractivity contribution in [2.24, 2.45) is 0 Å². The minimum atomic E-state index is -0.512. The Kier molecular flexibility index (Phi) is 5.12. The molecule has 0 saturated heterocycles. The second kappa shape index (κ2) is 7.65. The highest BCUT2D eigenvalue weighted by molar-refractivity contribution is 5.80. The van der Waals surface area contributed by atoms with E-state index in [1.54, 1.807) is 48.6 Å². The molecule has 0 aliphatic rings. The van der Waals surface area contributed by atoms with Gasteiger partial charge in [0.15, 0.2) is 0 Å². The maximum atomic E-state index is 12.1. The second-order valence-corrected chi connectivity index (χ2v) is 5.69. The first kappa shape index (κ1) is 18.1. The van der Waals surface area contributed by atoms with E-state index in [0.717, 1.165) is 0 Å². The molecule has 0 unspecified atom stereocenters. The topological polar surface area (TPSA) is 98.3 Å². The zero-order valence-corrected chi connectivity index (χ0v) is 14.7. The van der Waals surface area contributed by atoms with E-state index in [-0.39, 0.29) is 17.1 Å². The second-order valence-electron chi connectivity index (χ2n) is 5.69. The predicted octanol–water partition coefficient (Wildman–Crippen LogP) is 2.94. The van der Waals surface area contributed by atoms with Crippen LogP contribution in [0.1, 0.15) is 25.2 Å². The smallest absolute Gasteiger partial charge is 0.308 e. The molecule has 1 N–H and O–H groups in total. The van der Waals surface area contributed by atoms with Crippen LogP contribution in [0.25, 0.3) is 23.1 Å². The van der Waals surface area contributed by atoms with Gasteiger partial charge in [0.2, 0.25) is 0 Å². The quantitative estimate of drug-likeness (QED) is 0.564. The molecular formula is C20H16N2O5. The number of carbonyl (C=O) groups excluding carboxylic acids is 2. The molecule has 3 aromatic rings. The Hall–Kier alpha value is -3.74. The Morgan fingerprint density at radius 3 is 2.48 bits per heavy atom. The van der Waals surface area contributed by atoms with E-state index in [4.69, 9.17) is 9.47 Å². The molecule has 7 heteroatoms. The molecule has 2 aromatic carbocycles. The Balaban J connectivity index is 1.97. The van der Waals surface area contributed by atoms with Crippen molar-refractivity contribution in [1.29, 1.82) is 0 Å². The molecule has 0 spiro atoms. The lowest BCUT2D eigenvalue weighted by Crippen LogP contribution is -2.09. The molecule has 0 saturated carbocycles. The Morgan fingerprint density at radius 1 is 1.00 bits per heavy atom. The zero-order valence-electron chi connectivity index (χ0n) is 14.7. The van der Waals surface area contributed by atoms with Gasteiger partial charge in [-0.05, 0) is 36.4 Å². The number of carbonyl (C=O) groups is 2. The highest BCUT2D eigenvalue weighted by atomic mass is 16.5. The number of hydrogen-bond donors (Lipinski definition) is 1. The zero-order chi connectivity index (χ0) is 19.4. The van der Waals surface area contributed by atoms with Crippen molar-refractivity contribution >= 4 is 35.0 Å². The number of rotatable bonds is 4. The van der Waals surface area contributed by atoms with Crippen LogP contribution < -0.4 is 15.0 Å². The first-order valence-corrected chi connectivity index (χ1v) is 8.10. The summed E-state index contributed by atoms with van der Waals surface area (Å²) in [6.45, 7) is 2.55. The third-order valence-corrected chi connectivity index (χ3v) is 3.55. The fourth-order valence-corrected chi connectivity index (χ4v) is 2.48. The molecular weight excluding hydrogens is 348 g/mol. The van der Waals surface area contributed by atoms with E-state index in [9.17, 15) is 14.4 Å². The van der Waals surface area contributed by atoms with Crippen LogP contribution in [0.5, 0.6) is 11.5 Å². The van der Waals surface area contributed by atoms with Crippen LogP contribution in [0.2, 0.25) is 0 Å². The van der Waals surface area contributed by atoms with E-state index in [1.165, 1.54) is 19.9 Å². The number of H-pyrrole nitrogens is 1. The largest absolute Gasteiger partial charge is 0.427 e. The highest BCUT2D eigenvalue weighted by Gasteiger charge is 2.08. The summed E-state index contributed by atoms with van der Waals surface area (Å²) < 4.78 is 10.2. The van der Waals surface area contributed by atoms with Crippen molar-refractivity contribution in [3.8, 4) is 11.5 Å². The van der Waals surface area contributed by atoms with Crippen LogP contribution in [0, 0.1) is 0 Å². The summed E-state index contributed by atoms with van der Waals surface area (Å²) in [6.07, 6.45) is 3.24. The molecule has 136 valence electrons. The summed E-state index contributed by atoms with van der Waals surface area (Å²) in [4.78, 5) is 41.6. The molecule has 0 radical (unpaired) electrons. The van der Waals surface area contributed by atoms with Gasteiger partial charge in [-0.25, -0.2) is 4.98 Å². The molecule has 1 heterocycles. The average molecular weight is 364 g/mol. The van der Waals surface area contributed by atoms with Gasteiger partial charge in [-0.3, -0.25) is 14.4 Å². The molecule has 0 amide bonds. The van der Waals surface area contributed by atoms with E-state index in [2.05, 4.69) is 9.97 Å². The lowest BCUT2D eigenvalue weighted by atomic mass is 10.1. The fraction of sp³-hybridized carbons (Fsp3) is 0.100. The van der Waals surface area contributed by atoms with Gasteiger partial charge in [0, 0.05) is 25.5 Å². The predicted molar refractivity (Wildman–Crippen MR) is 100 cm³/mol. The minimum absolute atomic E-state index is 0.223. The third-order valence-electron chi connectivity index (χ3n) is 3.55. The van der Waals surface area contributed by atoms with Crippen molar-refractivity contribution < 1.29 is 19.1 Å². The number of aromatic amines is 1. The summed E-state index contributed by atoms with van der Waals surface area (Å²) in [5.41, 5.74) is 0.883. The molecule has 0 aliphatic carbocycles. The lowest BCUT2D eigenvalue weighted by Gasteiger charge is -2.08.